The maximum absolute atomic E-state index is 4.40. The molecule has 1 aromatic heterocycles. The van der Waals surface area contributed by atoms with Crippen LogP contribution in [-0.2, 0) is 0 Å². The van der Waals surface area contributed by atoms with Gasteiger partial charge in [0.25, 0.3) is 0 Å². The van der Waals surface area contributed by atoms with E-state index in [-0.39, 0.29) is 0 Å². The summed E-state index contributed by atoms with van der Waals surface area (Å²) in [6.07, 6.45) is 1.78. The van der Waals surface area contributed by atoms with Crippen molar-refractivity contribution in [1.29, 1.82) is 0 Å². The minimum atomic E-state index is 0.793. The Morgan fingerprint density at radius 3 is 2.33 bits per heavy atom. The molecule has 0 saturated carbocycles. The lowest BCUT2D eigenvalue weighted by atomic mass is 10.0. The Balaban J connectivity index is 2.00. The monoisotopic (exact) mass is 402 g/mol. The van der Waals surface area contributed by atoms with Crippen LogP contribution < -0.4 is 5.32 Å². The molecular formula is C17H12Br2N2. The van der Waals surface area contributed by atoms with E-state index in [0.717, 1.165) is 26.0 Å². The molecule has 0 atom stereocenters. The van der Waals surface area contributed by atoms with Gasteiger partial charge in [0.05, 0.1) is 4.47 Å². The highest BCUT2D eigenvalue weighted by molar-refractivity contribution is 9.11. The lowest BCUT2D eigenvalue weighted by Gasteiger charge is -2.13. The zero-order valence-corrected chi connectivity index (χ0v) is 14.2. The van der Waals surface area contributed by atoms with Gasteiger partial charge in [-0.2, -0.15) is 0 Å². The number of aromatic nitrogens is 1. The van der Waals surface area contributed by atoms with Crippen LogP contribution in [0.2, 0.25) is 0 Å². The molecule has 0 aliphatic heterocycles. The molecule has 0 saturated heterocycles. The highest BCUT2D eigenvalue weighted by Crippen LogP contribution is 2.32. The van der Waals surface area contributed by atoms with Crippen LogP contribution in [0.4, 0.5) is 11.5 Å². The van der Waals surface area contributed by atoms with Crippen LogP contribution in [0.25, 0.3) is 11.1 Å². The van der Waals surface area contributed by atoms with E-state index in [2.05, 4.69) is 66.4 Å². The molecule has 104 valence electrons. The summed E-state index contributed by atoms with van der Waals surface area (Å²) in [5.41, 5.74) is 3.35. The molecule has 21 heavy (non-hydrogen) atoms. The molecule has 0 spiro atoms. The second-order valence-electron chi connectivity index (χ2n) is 4.52. The summed E-state index contributed by atoms with van der Waals surface area (Å²) >= 11 is 6.94. The summed E-state index contributed by atoms with van der Waals surface area (Å²) in [5, 5.41) is 3.39. The van der Waals surface area contributed by atoms with E-state index in [1.807, 2.05) is 36.4 Å². The summed E-state index contributed by atoms with van der Waals surface area (Å²) < 4.78 is 1.86. The van der Waals surface area contributed by atoms with E-state index in [9.17, 15) is 0 Å². The lowest BCUT2D eigenvalue weighted by Crippen LogP contribution is -1.96. The van der Waals surface area contributed by atoms with Crippen LogP contribution in [0, 0.1) is 0 Å². The summed E-state index contributed by atoms with van der Waals surface area (Å²) in [5.74, 6) is 0.793. The van der Waals surface area contributed by atoms with Crippen LogP contribution in [0.3, 0.4) is 0 Å². The fourth-order valence-electron chi connectivity index (χ4n) is 2.10. The normalized spacial score (nSPS) is 10.4. The van der Waals surface area contributed by atoms with Crippen molar-refractivity contribution in [2.45, 2.75) is 0 Å². The summed E-state index contributed by atoms with van der Waals surface area (Å²) in [6, 6.07) is 20.5. The third-order valence-electron chi connectivity index (χ3n) is 3.07. The van der Waals surface area contributed by atoms with Gasteiger partial charge in [-0.3, -0.25) is 0 Å². The topological polar surface area (TPSA) is 24.9 Å². The zero-order chi connectivity index (χ0) is 14.7. The van der Waals surface area contributed by atoms with Crippen molar-refractivity contribution in [2.75, 3.05) is 5.32 Å². The maximum atomic E-state index is 4.40. The average Bonchev–Trinajstić information content (AvgIpc) is 2.51. The molecule has 0 amide bonds. The molecule has 0 fully saturated rings. The molecule has 2 aromatic carbocycles. The molecular weight excluding hydrogens is 392 g/mol. The van der Waals surface area contributed by atoms with Crippen LogP contribution in [0.15, 0.2) is 75.8 Å². The highest BCUT2D eigenvalue weighted by atomic mass is 79.9. The van der Waals surface area contributed by atoms with Gasteiger partial charge < -0.3 is 5.32 Å². The lowest BCUT2D eigenvalue weighted by molar-refractivity contribution is 1.27. The quantitative estimate of drug-likeness (QED) is 0.578. The van der Waals surface area contributed by atoms with Gasteiger partial charge in [0.2, 0.25) is 0 Å². The number of halogens is 2. The molecule has 2 nitrogen and oxygen atoms in total. The van der Waals surface area contributed by atoms with Gasteiger partial charge in [-0.25, -0.2) is 4.98 Å². The van der Waals surface area contributed by atoms with E-state index in [0.29, 0.717) is 0 Å². The predicted molar refractivity (Wildman–Crippen MR) is 94.8 cm³/mol. The van der Waals surface area contributed by atoms with Crippen molar-refractivity contribution >= 4 is 43.4 Å². The fraction of sp³-hybridized carbons (Fsp3) is 0. The van der Waals surface area contributed by atoms with E-state index in [1.165, 1.54) is 5.56 Å². The standard InChI is InChI=1S/C17H12Br2N2/c18-13-10-15(19)17(20-11-13)21-16-9-5-4-8-14(16)12-6-2-1-3-7-12/h1-11H,(H,20,21). The molecule has 1 heterocycles. The third-order valence-corrected chi connectivity index (χ3v) is 4.11. The molecule has 3 aromatic rings. The molecule has 1 N–H and O–H groups in total. The summed E-state index contributed by atoms with van der Waals surface area (Å²) in [6.45, 7) is 0. The first-order chi connectivity index (χ1) is 10.2. The van der Waals surface area contributed by atoms with Gasteiger partial charge in [-0.05, 0) is 49.6 Å². The second-order valence-corrected chi connectivity index (χ2v) is 6.29. The Morgan fingerprint density at radius 2 is 1.57 bits per heavy atom. The Labute approximate surface area is 140 Å². The number of pyridine rings is 1. The smallest absolute Gasteiger partial charge is 0.144 e. The third kappa shape index (κ3) is 3.34. The van der Waals surface area contributed by atoms with Crippen molar-refractivity contribution in [3.63, 3.8) is 0 Å². The van der Waals surface area contributed by atoms with Crippen LogP contribution >= 0.6 is 31.9 Å². The van der Waals surface area contributed by atoms with Crippen molar-refractivity contribution in [1.82, 2.24) is 4.98 Å². The second kappa shape index (κ2) is 6.41. The molecule has 0 radical (unpaired) electrons. The zero-order valence-electron chi connectivity index (χ0n) is 11.1. The molecule has 0 bridgehead atoms. The number of rotatable bonds is 3. The van der Waals surface area contributed by atoms with Gasteiger partial charge in [-0.1, -0.05) is 48.5 Å². The van der Waals surface area contributed by atoms with Gasteiger partial charge >= 0.3 is 0 Å². The minimum Gasteiger partial charge on any atom is -0.339 e. The molecule has 3 rings (SSSR count). The molecule has 4 heteroatoms. The molecule has 0 aliphatic rings. The van der Waals surface area contributed by atoms with Crippen molar-refractivity contribution in [3.05, 3.63) is 75.8 Å². The number of hydrogen-bond donors (Lipinski definition) is 1. The van der Waals surface area contributed by atoms with Crippen LogP contribution in [0.5, 0.6) is 0 Å². The van der Waals surface area contributed by atoms with E-state index >= 15 is 0 Å². The maximum Gasteiger partial charge on any atom is 0.144 e. The number of benzene rings is 2. The molecule has 0 aliphatic carbocycles. The van der Waals surface area contributed by atoms with Gasteiger partial charge in [0, 0.05) is 21.9 Å². The van der Waals surface area contributed by atoms with Crippen molar-refractivity contribution < 1.29 is 0 Å². The highest BCUT2D eigenvalue weighted by Gasteiger charge is 2.07. The van der Waals surface area contributed by atoms with Gasteiger partial charge in [0.15, 0.2) is 0 Å². The van der Waals surface area contributed by atoms with E-state index in [1.54, 1.807) is 6.20 Å². The first kappa shape index (κ1) is 14.3. The predicted octanol–water partition coefficient (Wildman–Crippen LogP) is 6.02. The Kier molecular flexibility index (Phi) is 4.36. The fourth-order valence-corrected chi connectivity index (χ4v) is 3.18. The van der Waals surface area contributed by atoms with Crippen molar-refractivity contribution in [3.8, 4) is 11.1 Å². The minimum absolute atomic E-state index is 0.793. The van der Waals surface area contributed by atoms with Gasteiger partial charge in [0.1, 0.15) is 5.82 Å². The SMILES string of the molecule is Brc1cnc(Nc2ccccc2-c2ccccc2)c(Br)c1. The average molecular weight is 404 g/mol. The Bertz CT molecular complexity index is 758. The largest absolute Gasteiger partial charge is 0.339 e. The number of nitrogens with one attached hydrogen (secondary N) is 1. The first-order valence-electron chi connectivity index (χ1n) is 6.46. The first-order valence-corrected chi connectivity index (χ1v) is 8.05. The Hall–Kier alpha value is -1.65. The van der Waals surface area contributed by atoms with E-state index < -0.39 is 0 Å². The Morgan fingerprint density at radius 1 is 0.857 bits per heavy atom. The number of nitrogens with zero attached hydrogens (tertiary/aromatic N) is 1. The molecule has 0 unspecified atom stereocenters. The van der Waals surface area contributed by atoms with E-state index in [4.69, 9.17) is 0 Å². The van der Waals surface area contributed by atoms with Gasteiger partial charge in [-0.15, -0.1) is 0 Å². The number of anilines is 2. The summed E-state index contributed by atoms with van der Waals surface area (Å²) in [7, 11) is 0. The number of hydrogen-bond acceptors (Lipinski definition) is 2. The van der Waals surface area contributed by atoms with Crippen LogP contribution in [0.1, 0.15) is 0 Å². The van der Waals surface area contributed by atoms with Crippen LogP contribution in [-0.4, -0.2) is 4.98 Å². The van der Waals surface area contributed by atoms with Crippen molar-refractivity contribution in [2.24, 2.45) is 0 Å². The summed E-state index contributed by atoms with van der Waals surface area (Å²) in [4.78, 5) is 4.40. The number of para-hydroxylation sites is 1.